The monoisotopic (exact) mass is 545 g/mol. The fourth-order valence-corrected chi connectivity index (χ4v) is 6.59. The molecule has 2 heterocycles. The van der Waals surface area contributed by atoms with Gasteiger partial charge >= 0.3 is 5.97 Å². The highest BCUT2D eigenvalue weighted by atomic mass is 19.3. The quantitative estimate of drug-likeness (QED) is 0.514. The Morgan fingerprint density at radius 3 is 2.64 bits per heavy atom. The largest absolute Gasteiger partial charge is 0.496 e. The van der Waals surface area contributed by atoms with Crippen LogP contribution in [0.5, 0.6) is 5.75 Å². The average Bonchev–Trinajstić information content (AvgIpc) is 3.50. The first-order chi connectivity index (χ1) is 18.5. The summed E-state index contributed by atoms with van der Waals surface area (Å²) in [5.41, 5.74) is -0.0243. The molecule has 1 saturated heterocycles. The van der Waals surface area contributed by atoms with E-state index in [-0.39, 0.29) is 36.8 Å². The third-order valence-corrected chi connectivity index (χ3v) is 8.42. The predicted molar refractivity (Wildman–Crippen MR) is 136 cm³/mol. The molecule has 2 aromatic rings. The van der Waals surface area contributed by atoms with Crippen LogP contribution in [-0.4, -0.2) is 72.2 Å². The van der Waals surface area contributed by atoms with Gasteiger partial charge in [-0.25, -0.2) is 13.6 Å². The summed E-state index contributed by atoms with van der Waals surface area (Å²) in [6.07, 6.45) is 2.05. The van der Waals surface area contributed by atoms with Crippen molar-refractivity contribution in [3.8, 4) is 5.75 Å². The summed E-state index contributed by atoms with van der Waals surface area (Å²) in [4.78, 5) is 56.6. The number of carbonyl (C=O) groups is 4. The summed E-state index contributed by atoms with van der Waals surface area (Å²) < 4.78 is 38.2. The Hall–Kier alpha value is -3.50. The number of carbonyl (C=O) groups excluding carboxylic acids is 4. The second-order valence-electron chi connectivity index (χ2n) is 11.2. The van der Waals surface area contributed by atoms with E-state index >= 15 is 0 Å². The molecule has 1 aliphatic heterocycles. The Morgan fingerprint density at radius 1 is 1.21 bits per heavy atom. The smallest absolute Gasteiger partial charge is 0.328 e. The van der Waals surface area contributed by atoms with Crippen LogP contribution in [0.15, 0.2) is 24.3 Å². The Labute approximate surface area is 224 Å². The molecule has 1 aromatic heterocycles. The van der Waals surface area contributed by atoms with E-state index in [2.05, 4.69) is 10.3 Å². The van der Waals surface area contributed by atoms with Crippen molar-refractivity contribution in [1.29, 1.82) is 0 Å². The molecule has 3 aliphatic rings. The van der Waals surface area contributed by atoms with Crippen LogP contribution < -0.4 is 10.1 Å². The number of ether oxygens (including phenoxy) is 2. The molecular weight excluding hydrogens is 512 g/mol. The number of hydrogen-bond acceptors (Lipinski definition) is 6. The van der Waals surface area contributed by atoms with Crippen LogP contribution in [0.25, 0.3) is 10.9 Å². The van der Waals surface area contributed by atoms with Crippen molar-refractivity contribution < 1.29 is 37.4 Å². The van der Waals surface area contributed by atoms with E-state index < -0.39 is 54.0 Å². The maximum absolute atomic E-state index is 14.0. The molecule has 5 rings (SSSR count). The Kier molecular flexibility index (Phi) is 7.11. The van der Waals surface area contributed by atoms with Crippen molar-refractivity contribution in [1.82, 2.24) is 15.2 Å². The van der Waals surface area contributed by atoms with Gasteiger partial charge in [0.2, 0.25) is 11.8 Å². The summed E-state index contributed by atoms with van der Waals surface area (Å²) in [6.45, 7) is -0.00396. The molecule has 1 aromatic carbocycles. The number of rotatable bonds is 7. The number of esters is 1. The van der Waals surface area contributed by atoms with Crippen LogP contribution in [0.3, 0.4) is 0 Å². The lowest BCUT2D eigenvalue weighted by atomic mass is 9.65. The number of aromatic amines is 1. The van der Waals surface area contributed by atoms with Gasteiger partial charge in [-0.05, 0) is 43.9 Å². The lowest BCUT2D eigenvalue weighted by Crippen LogP contribution is -2.52. The molecule has 210 valence electrons. The van der Waals surface area contributed by atoms with Gasteiger partial charge in [0.15, 0.2) is 0 Å². The van der Waals surface area contributed by atoms with E-state index in [0.717, 1.165) is 12.8 Å². The number of ketones is 1. The zero-order valence-corrected chi connectivity index (χ0v) is 22.1. The van der Waals surface area contributed by atoms with Gasteiger partial charge in [0.05, 0.1) is 14.2 Å². The van der Waals surface area contributed by atoms with Crippen LogP contribution in [0, 0.1) is 11.3 Å². The standard InChI is InChI=1S/C28H33F2N3O6/c1-38-23-9-5-7-18-17(23)11-19(31-18)25(36)33-15-27(13-28(29,30)14-27)12-21(33)24(35)32-20(26(37)39-2)10-16-6-3-4-8-22(16)34/h5,7,9,11,16,20-21,31H,3-4,6,8,10,12-15H2,1-2H3,(H,32,35)/t16-,20-,21?/m0/s1. The topological polar surface area (TPSA) is 118 Å². The molecule has 3 fully saturated rings. The highest BCUT2D eigenvalue weighted by Gasteiger charge is 2.62. The molecule has 9 nitrogen and oxygen atoms in total. The maximum Gasteiger partial charge on any atom is 0.328 e. The Bertz CT molecular complexity index is 1300. The van der Waals surface area contributed by atoms with E-state index in [1.165, 1.54) is 19.1 Å². The number of alkyl halides is 2. The number of nitrogens with zero attached hydrogens (tertiary/aromatic N) is 1. The first-order valence-electron chi connectivity index (χ1n) is 13.3. The minimum absolute atomic E-state index is 0.00396. The Balaban J connectivity index is 1.40. The van der Waals surface area contributed by atoms with E-state index in [4.69, 9.17) is 9.47 Å². The van der Waals surface area contributed by atoms with E-state index in [9.17, 15) is 28.0 Å². The summed E-state index contributed by atoms with van der Waals surface area (Å²) in [5, 5.41) is 3.37. The minimum atomic E-state index is -2.84. The highest BCUT2D eigenvalue weighted by Crippen LogP contribution is 2.58. The number of aromatic nitrogens is 1. The lowest BCUT2D eigenvalue weighted by Gasteiger charge is -2.44. The molecule has 2 amide bonds. The third-order valence-electron chi connectivity index (χ3n) is 8.42. The second kappa shape index (κ2) is 10.2. The van der Waals surface area contributed by atoms with Crippen molar-refractivity contribution in [2.45, 2.75) is 69.4 Å². The number of likely N-dealkylation sites (tertiary alicyclic amines) is 1. The molecule has 1 unspecified atom stereocenters. The molecular formula is C28H33F2N3O6. The molecule has 0 radical (unpaired) electrons. The number of fused-ring (bicyclic) bond motifs is 1. The van der Waals surface area contributed by atoms with E-state index in [0.29, 0.717) is 29.5 Å². The van der Waals surface area contributed by atoms with Crippen molar-refractivity contribution in [3.63, 3.8) is 0 Å². The van der Waals surface area contributed by atoms with Crippen LogP contribution in [0.1, 0.15) is 61.9 Å². The minimum Gasteiger partial charge on any atom is -0.496 e. The SMILES string of the molecule is COC(=O)[C@H](C[C@@H]1CCCCC1=O)NC(=O)C1CC2(CN1C(=O)c1cc3c(OC)cccc3[nH]1)CC(F)(F)C2. The van der Waals surface area contributed by atoms with E-state index in [1.54, 1.807) is 24.3 Å². The number of halogens is 2. The summed E-state index contributed by atoms with van der Waals surface area (Å²) in [5.74, 6) is -4.42. The van der Waals surface area contributed by atoms with Gasteiger partial charge in [-0.1, -0.05) is 12.5 Å². The number of Topliss-reactive ketones (excluding diaryl/α,β-unsaturated/α-hetero) is 1. The number of nitrogens with one attached hydrogen (secondary N) is 2. The number of hydrogen-bond donors (Lipinski definition) is 2. The van der Waals surface area contributed by atoms with Crippen molar-refractivity contribution in [3.05, 3.63) is 30.0 Å². The normalized spacial score (nSPS) is 24.3. The molecule has 2 aliphatic carbocycles. The van der Waals surface area contributed by atoms with E-state index in [1.807, 2.05) is 0 Å². The van der Waals surface area contributed by atoms with Crippen molar-refractivity contribution in [2.24, 2.45) is 11.3 Å². The van der Waals surface area contributed by atoms with Crippen molar-refractivity contribution in [2.75, 3.05) is 20.8 Å². The van der Waals surface area contributed by atoms with Crippen LogP contribution in [-0.2, 0) is 19.1 Å². The Morgan fingerprint density at radius 2 is 1.97 bits per heavy atom. The van der Waals surface area contributed by atoms with Gasteiger partial charge < -0.3 is 24.7 Å². The molecule has 0 bridgehead atoms. The fraction of sp³-hybridized carbons (Fsp3) is 0.571. The lowest BCUT2D eigenvalue weighted by molar-refractivity contribution is -0.156. The second-order valence-corrected chi connectivity index (χ2v) is 11.2. The highest BCUT2D eigenvalue weighted by molar-refractivity contribution is 6.02. The van der Waals surface area contributed by atoms with Gasteiger partial charge in [-0.2, -0.15) is 0 Å². The van der Waals surface area contributed by atoms with Gasteiger partial charge in [0.1, 0.15) is 29.3 Å². The van der Waals surface area contributed by atoms with Gasteiger partial charge in [-0.15, -0.1) is 0 Å². The van der Waals surface area contributed by atoms with Crippen LogP contribution >= 0.6 is 0 Å². The molecule has 1 spiro atoms. The molecule has 3 atom stereocenters. The zero-order chi connectivity index (χ0) is 27.9. The van der Waals surface area contributed by atoms with Gasteiger partial charge in [0.25, 0.3) is 5.91 Å². The molecule has 2 N–H and O–H groups in total. The molecule has 2 saturated carbocycles. The zero-order valence-electron chi connectivity index (χ0n) is 22.1. The van der Waals surface area contributed by atoms with Gasteiger partial charge in [-0.3, -0.25) is 14.4 Å². The number of amides is 2. The summed E-state index contributed by atoms with van der Waals surface area (Å²) in [6, 6.07) is 4.79. The summed E-state index contributed by atoms with van der Waals surface area (Å²) in [7, 11) is 2.72. The van der Waals surface area contributed by atoms with Crippen LogP contribution in [0.2, 0.25) is 0 Å². The first kappa shape index (κ1) is 27.1. The summed E-state index contributed by atoms with van der Waals surface area (Å²) >= 11 is 0. The maximum atomic E-state index is 14.0. The number of H-pyrrole nitrogens is 1. The predicted octanol–water partition coefficient (Wildman–Crippen LogP) is 3.61. The fourth-order valence-electron chi connectivity index (χ4n) is 6.59. The number of methoxy groups -OCH3 is 2. The third kappa shape index (κ3) is 5.23. The number of benzene rings is 1. The van der Waals surface area contributed by atoms with Crippen LogP contribution in [0.4, 0.5) is 8.78 Å². The molecule has 11 heteroatoms. The molecule has 39 heavy (non-hydrogen) atoms. The first-order valence-corrected chi connectivity index (χ1v) is 13.3. The van der Waals surface area contributed by atoms with Gasteiger partial charge in [0, 0.05) is 48.0 Å². The van der Waals surface area contributed by atoms with Crippen molar-refractivity contribution >= 4 is 34.5 Å². The average molecular weight is 546 g/mol.